The van der Waals surface area contributed by atoms with Crippen LogP contribution in [0.25, 0.3) is 0 Å². The summed E-state index contributed by atoms with van der Waals surface area (Å²) in [4.78, 5) is 28.4. The minimum absolute atomic E-state index is 0.0888. The van der Waals surface area contributed by atoms with Crippen molar-refractivity contribution in [3.05, 3.63) is 40.2 Å². The minimum Gasteiger partial charge on any atom is -0.309 e. The highest BCUT2D eigenvalue weighted by Gasteiger charge is 2.17. The number of fused-ring (bicyclic) bond motifs is 1. The zero-order valence-corrected chi connectivity index (χ0v) is 12.6. The van der Waals surface area contributed by atoms with E-state index in [0.717, 1.165) is 37.1 Å². The van der Waals surface area contributed by atoms with Crippen LogP contribution in [0.4, 0.5) is 5.82 Å². The number of hydrogen-bond donors (Lipinski definition) is 1. The molecule has 0 radical (unpaired) electrons. The van der Waals surface area contributed by atoms with Gasteiger partial charge in [0.2, 0.25) is 5.91 Å². The Morgan fingerprint density at radius 1 is 1.36 bits per heavy atom. The van der Waals surface area contributed by atoms with E-state index < -0.39 is 0 Å². The third-order valence-corrected chi connectivity index (χ3v) is 3.76. The van der Waals surface area contributed by atoms with Crippen molar-refractivity contribution in [2.75, 3.05) is 5.32 Å². The summed E-state index contributed by atoms with van der Waals surface area (Å²) < 4.78 is 2.93. The second kappa shape index (κ2) is 6.13. The number of anilines is 1. The average molecular weight is 301 g/mol. The number of amides is 1. The normalized spacial score (nSPS) is 14.2. The van der Waals surface area contributed by atoms with E-state index in [4.69, 9.17) is 0 Å². The van der Waals surface area contributed by atoms with E-state index in [2.05, 4.69) is 15.4 Å². The lowest BCUT2D eigenvalue weighted by molar-refractivity contribution is -0.117. The van der Waals surface area contributed by atoms with Crippen LogP contribution in [0.15, 0.2) is 23.1 Å². The van der Waals surface area contributed by atoms with Crippen LogP contribution < -0.4 is 11.0 Å². The molecule has 2 aromatic heterocycles. The Kier molecular flexibility index (Phi) is 4.04. The Bertz CT molecular complexity index is 747. The van der Waals surface area contributed by atoms with Crippen molar-refractivity contribution >= 4 is 11.7 Å². The Morgan fingerprint density at radius 2 is 2.23 bits per heavy atom. The molecule has 0 saturated heterocycles. The predicted octanol–water partition coefficient (Wildman–Crippen LogP) is 1.11. The molecular formula is C15H19N5O2. The molecule has 0 unspecified atom stereocenters. The van der Waals surface area contributed by atoms with E-state index in [1.807, 2.05) is 13.0 Å². The van der Waals surface area contributed by atoms with Gasteiger partial charge in [-0.2, -0.15) is 5.10 Å². The lowest BCUT2D eigenvalue weighted by atomic mass is 10.2. The zero-order valence-electron chi connectivity index (χ0n) is 12.6. The van der Waals surface area contributed by atoms with Crippen LogP contribution in [0.3, 0.4) is 0 Å². The van der Waals surface area contributed by atoms with Gasteiger partial charge < -0.3 is 5.32 Å². The smallest absolute Gasteiger partial charge is 0.309 e. The quantitative estimate of drug-likeness (QED) is 0.921. The maximum Gasteiger partial charge on any atom is 0.346 e. The van der Waals surface area contributed by atoms with Crippen molar-refractivity contribution in [2.45, 2.75) is 45.7 Å². The van der Waals surface area contributed by atoms with Crippen molar-refractivity contribution in [3.8, 4) is 0 Å². The van der Waals surface area contributed by atoms with Gasteiger partial charge >= 0.3 is 5.69 Å². The first kappa shape index (κ1) is 14.5. The van der Waals surface area contributed by atoms with E-state index in [0.29, 0.717) is 12.4 Å². The predicted molar refractivity (Wildman–Crippen MR) is 81.6 cm³/mol. The van der Waals surface area contributed by atoms with E-state index in [9.17, 15) is 9.59 Å². The maximum atomic E-state index is 12.3. The van der Waals surface area contributed by atoms with Crippen LogP contribution in [0.2, 0.25) is 0 Å². The van der Waals surface area contributed by atoms with Crippen LogP contribution >= 0.6 is 0 Å². The van der Waals surface area contributed by atoms with Crippen LogP contribution in [-0.2, 0) is 24.3 Å². The van der Waals surface area contributed by atoms with Gasteiger partial charge in [-0.1, -0.05) is 6.42 Å². The second-order valence-corrected chi connectivity index (χ2v) is 5.59. The van der Waals surface area contributed by atoms with Crippen molar-refractivity contribution in [1.29, 1.82) is 0 Å². The monoisotopic (exact) mass is 301 g/mol. The number of carbonyl (C=O) groups excluding carboxylic acids is 1. The molecule has 22 heavy (non-hydrogen) atoms. The molecule has 3 heterocycles. The van der Waals surface area contributed by atoms with Gasteiger partial charge in [-0.05, 0) is 37.5 Å². The Hall–Kier alpha value is -2.44. The third-order valence-electron chi connectivity index (χ3n) is 3.76. The van der Waals surface area contributed by atoms with Gasteiger partial charge in [0.15, 0.2) is 0 Å². The van der Waals surface area contributed by atoms with Gasteiger partial charge in [0.05, 0.1) is 0 Å². The fourth-order valence-corrected chi connectivity index (χ4v) is 2.65. The molecule has 116 valence electrons. The second-order valence-electron chi connectivity index (χ2n) is 5.59. The fraction of sp³-hybridized carbons (Fsp3) is 0.467. The Morgan fingerprint density at radius 3 is 3.05 bits per heavy atom. The summed E-state index contributed by atoms with van der Waals surface area (Å²) in [5.74, 6) is 0.969. The molecule has 0 aromatic carbocycles. The molecule has 7 heteroatoms. The van der Waals surface area contributed by atoms with Crippen molar-refractivity contribution in [1.82, 2.24) is 19.3 Å². The maximum absolute atomic E-state index is 12.3. The Balaban J connectivity index is 1.73. The van der Waals surface area contributed by atoms with Crippen LogP contribution in [0.1, 0.15) is 30.7 Å². The van der Waals surface area contributed by atoms with E-state index in [-0.39, 0.29) is 18.1 Å². The van der Waals surface area contributed by atoms with Crippen LogP contribution in [0, 0.1) is 6.92 Å². The highest BCUT2D eigenvalue weighted by atomic mass is 16.2. The first-order valence-corrected chi connectivity index (χ1v) is 7.52. The van der Waals surface area contributed by atoms with Crippen LogP contribution in [0.5, 0.6) is 0 Å². The largest absolute Gasteiger partial charge is 0.346 e. The third kappa shape index (κ3) is 3.08. The van der Waals surface area contributed by atoms with Gasteiger partial charge in [0.25, 0.3) is 0 Å². The standard InChI is InChI=1S/C15H19N5O2/c1-11-6-7-16-12(9-11)17-14(21)10-20-15(22)19-8-4-2-3-5-13(19)18-20/h6-7,9H,2-5,8,10H2,1H3,(H,16,17,21). The highest BCUT2D eigenvalue weighted by Crippen LogP contribution is 2.10. The van der Waals surface area contributed by atoms with Gasteiger partial charge in [-0.25, -0.2) is 14.5 Å². The summed E-state index contributed by atoms with van der Waals surface area (Å²) in [5.41, 5.74) is 0.806. The summed E-state index contributed by atoms with van der Waals surface area (Å²) in [6.45, 7) is 2.53. The topological polar surface area (TPSA) is 81.8 Å². The molecule has 1 aliphatic rings. The average Bonchev–Trinajstić information content (AvgIpc) is 2.65. The number of nitrogens with zero attached hydrogens (tertiary/aromatic N) is 4. The first-order valence-electron chi connectivity index (χ1n) is 7.52. The molecule has 1 N–H and O–H groups in total. The van der Waals surface area contributed by atoms with Crippen molar-refractivity contribution in [2.24, 2.45) is 0 Å². The molecule has 2 aromatic rings. The van der Waals surface area contributed by atoms with Gasteiger partial charge in [0.1, 0.15) is 18.2 Å². The number of hydrogen-bond acceptors (Lipinski definition) is 4. The number of pyridine rings is 1. The fourth-order valence-electron chi connectivity index (χ4n) is 2.65. The summed E-state index contributed by atoms with van der Waals surface area (Å²) in [6, 6.07) is 3.63. The van der Waals surface area contributed by atoms with Gasteiger partial charge in [0, 0.05) is 19.2 Å². The summed E-state index contributed by atoms with van der Waals surface area (Å²) >= 11 is 0. The molecular weight excluding hydrogens is 282 g/mol. The number of carbonyl (C=O) groups is 1. The summed E-state index contributed by atoms with van der Waals surface area (Å²) in [5, 5.41) is 6.99. The van der Waals surface area contributed by atoms with Crippen LogP contribution in [-0.4, -0.2) is 25.2 Å². The van der Waals surface area contributed by atoms with E-state index in [1.54, 1.807) is 16.8 Å². The van der Waals surface area contributed by atoms with E-state index >= 15 is 0 Å². The SMILES string of the molecule is Cc1ccnc(NC(=O)Cn2nc3n(c2=O)CCCCC3)c1. The Labute approximate surface area is 128 Å². The summed E-state index contributed by atoms with van der Waals surface area (Å²) in [7, 11) is 0. The number of rotatable bonds is 3. The lowest BCUT2D eigenvalue weighted by Crippen LogP contribution is -2.30. The number of nitrogens with one attached hydrogen (secondary N) is 1. The van der Waals surface area contributed by atoms with Crippen molar-refractivity contribution in [3.63, 3.8) is 0 Å². The van der Waals surface area contributed by atoms with Crippen molar-refractivity contribution < 1.29 is 4.79 Å². The minimum atomic E-state index is -0.298. The molecule has 0 bridgehead atoms. The molecule has 1 aliphatic heterocycles. The molecule has 0 atom stereocenters. The molecule has 3 rings (SSSR count). The molecule has 7 nitrogen and oxygen atoms in total. The van der Waals surface area contributed by atoms with E-state index in [1.165, 1.54) is 4.68 Å². The highest BCUT2D eigenvalue weighted by molar-refractivity contribution is 5.89. The van der Waals surface area contributed by atoms with Gasteiger partial charge in [-0.15, -0.1) is 0 Å². The first-order chi connectivity index (χ1) is 10.6. The molecule has 0 fully saturated rings. The van der Waals surface area contributed by atoms with Gasteiger partial charge in [-0.3, -0.25) is 9.36 Å². The molecule has 0 aliphatic carbocycles. The summed E-state index contributed by atoms with van der Waals surface area (Å²) in [6.07, 6.45) is 5.56. The molecule has 0 spiro atoms. The molecule has 1 amide bonds. The lowest BCUT2D eigenvalue weighted by Gasteiger charge is -2.04. The molecule has 0 saturated carbocycles. The zero-order chi connectivity index (χ0) is 15.5. The number of aromatic nitrogens is 4. The number of aryl methyl sites for hydroxylation is 2.